The van der Waals surface area contributed by atoms with Gasteiger partial charge in [-0.05, 0) is 46.3 Å². The number of fused-ring (bicyclic) bond motifs is 1. The molecule has 0 saturated heterocycles. The number of urea groups is 1. The highest BCUT2D eigenvalue weighted by Gasteiger charge is 2.08. The molecular formula is C16H14BrN5O2. The van der Waals surface area contributed by atoms with E-state index in [1.165, 1.54) is 0 Å². The maximum absolute atomic E-state index is 12.2. The number of hydrogen-bond donors (Lipinski definition) is 3. The number of halogens is 1. The number of primary amides is 1. The van der Waals surface area contributed by atoms with Gasteiger partial charge < -0.3 is 20.8 Å². The topological polar surface area (TPSA) is 102 Å². The van der Waals surface area contributed by atoms with Crippen LogP contribution in [-0.4, -0.2) is 21.3 Å². The smallest absolute Gasteiger partial charge is 0.316 e. The van der Waals surface area contributed by atoms with Crippen LogP contribution < -0.4 is 16.4 Å². The molecule has 4 N–H and O–H groups in total. The molecule has 0 fully saturated rings. The summed E-state index contributed by atoms with van der Waals surface area (Å²) in [6.45, 7) is 0.297. The Morgan fingerprint density at radius 3 is 2.83 bits per heavy atom. The van der Waals surface area contributed by atoms with Gasteiger partial charge in [-0.25, -0.2) is 9.78 Å². The molecule has 122 valence electrons. The van der Waals surface area contributed by atoms with Gasteiger partial charge in [-0.1, -0.05) is 6.07 Å². The summed E-state index contributed by atoms with van der Waals surface area (Å²) < 4.78 is 2.82. The Morgan fingerprint density at radius 1 is 1.21 bits per heavy atom. The van der Waals surface area contributed by atoms with Crippen LogP contribution in [0.25, 0.3) is 5.65 Å². The van der Waals surface area contributed by atoms with Crippen molar-refractivity contribution in [1.29, 1.82) is 0 Å². The highest BCUT2D eigenvalue weighted by atomic mass is 79.9. The van der Waals surface area contributed by atoms with E-state index in [0.29, 0.717) is 17.8 Å². The van der Waals surface area contributed by atoms with Crippen LogP contribution in [0.3, 0.4) is 0 Å². The summed E-state index contributed by atoms with van der Waals surface area (Å²) in [4.78, 5) is 27.5. The molecule has 0 unspecified atom stereocenters. The molecule has 2 heterocycles. The zero-order valence-electron chi connectivity index (χ0n) is 12.5. The third-order valence-electron chi connectivity index (χ3n) is 3.29. The third-order valence-corrected chi connectivity index (χ3v) is 3.76. The van der Waals surface area contributed by atoms with Crippen molar-refractivity contribution in [2.75, 3.05) is 5.32 Å². The van der Waals surface area contributed by atoms with Crippen LogP contribution in [0.2, 0.25) is 0 Å². The lowest BCUT2D eigenvalue weighted by molar-refractivity contribution is 0.0950. The SMILES string of the molecule is NC(=O)Nc1cccc(C(=O)NCc2cn3cc(Br)ccc3n2)c1. The molecule has 0 saturated carbocycles. The number of benzene rings is 1. The molecule has 0 aliphatic carbocycles. The number of nitrogens with zero attached hydrogens (tertiary/aromatic N) is 2. The van der Waals surface area contributed by atoms with E-state index in [0.717, 1.165) is 15.8 Å². The Morgan fingerprint density at radius 2 is 2.04 bits per heavy atom. The highest BCUT2D eigenvalue weighted by Crippen LogP contribution is 2.13. The van der Waals surface area contributed by atoms with Gasteiger partial charge in [0.25, 0.3) is 5.91 Å². The molecule has 3 amide bonds. The van der Waals surface area contributed by atoms with Gasteiger partial charge in [0.05, 0.1) is 12.2 Å². The molecule has 3 rings (SSSR count). The van der Waals surface area contributed by atoms with Gasteiger partial charge in [0.1, 0.15) is 5.65 Å². The van der Waals surface area contributed by atoms with E-state index in [1.54, 1.807) is 24.3 Å². The third kappa shape index (κ3) is 3.72. The quantitative estimate of drug-likeness (QED) is 0.640. The lowest BCUT2D eigenvalue weighted by atomic mass is 10.2. The molecular weight excluding hydrogens is 374 g/mol. The van der Waals surface area contributed by atoms with Crippen molar-refractivity contribution in [1.82, 2.24) is 14.7 Å². The van der Waals surface area contributed by atoms with Crippen molar-refractivity contribution < 1.29 is 9.59 Å². The second-order valence-electron chi connectivity index (χ2n) is 5.10. The molecule has 1 aromatic carbocycles. The van der Waals surface area contributed by atoms with E-state index in [2.05, 4.69) is 31.5 Å². The maximum atomic E-state index is 12.2. The van der Waals surface area contributed by atoms with Gasteiger partial charge in [0, 0.05) is 28.1 Å². The molecule has 2 aromatic heterocycles. The molecule has 8 heteroatoms. The fraction of sp³-hybridized carbons (Fsp3) is 0.0625. The number of pyridine rings is 1. The van der Waals surface area contributed by atoms with Crippen molar-refractivity contribution >= 4 is 39.2 Å². The normalized spacial score (nSPS) is 10.5. The molecule has 0 aliphatic rings. The van der Waals surface area contributed by atoms with Crippen LogP contribution >= 0.6 is 15.9 Å². The minimum atomic E-state index is -0.677. The number of imidazole rings is 1. The van der Waals surface area contributed by atoms with Crippen LogP contribution in [0, 0.1) is 0 Å². The number of aromatic nitrogens is 2. The van der Waals surface area contributed by atoms with E-state index in [4.69, 9.17) is 5.73 Å². The predicted octanol–water partition coefficient (Wildman–Crippen LogP) is 2.52. The number of anilines is 1. The second kappa shape index (κ2) is 6.71. The monoisotopic (exact) mass is 387 g/mol. The van der Waals surface area contributed by atoms with Crippen LogP contribution in [-0.2, 0) is 6.54 Å². The highest BCUT2D eigenvalue weighted by molar-refractivity contribution is 9.10. The molecule has 24 heavy (non-hydrogen) atoms. The Hall–Kier alpha value is -2.87. The van der Waals surface area contributed by atoms with Gasteiger partial charge in [0.15, 0.2) is 0 Å². The van der Waals surface area contributed by atoms with Gasteiger partial charge in [-0.2, -0.15) is 0 Å². The van der Waals surface area contributed by atoms with E-state index in [-0.39, 0.29) is 5.91 Å². The summed E-state index contributed by atoms with van der Waals surface area (Å²) in [5, 5.41) is 5.24. The summed E-state index contributed by atoms with van der Waals surface area (Å²) in [5.41, 5.74) is 7.50. The Balaban J connectivity index is 1.69. The van der Waals surface area contributed by atoms with Crippen molar-refractivity contribution in [3.8, 4) is 0 Å². The first-order chi connectivity index (χ1) is 11.5. The van der Waals surface area contributed by atoms with Crippen molar-refractivity contribution in [2.24, 2.45) is 5.73 Å². The van der Waals surface area contributed by atoms with Crippen LogP contribution in [0.15, 0.2) is 53.3 Å². The van der Waals surface area contributed by atoms with Gasteiger partial charge in [-0.15, -0.1) is 0 Å². The van der Waals surface area contributed by atoms with Gasteiger partial charge in [0.2, 0.25) is 0 Å². The van der Waals surface area contributed by atoms with Gasteiger partial charge in [-0.3, -0.25) is 4.79 Å². The largest absolute Gasteiger partial charge is 0.351 e. The Labute approximate surface area is 146 Å². The lowest BCUT2D eigenvalue weighted by Crippen LogP contribution is -2.23. The first kappa shape index (κ1) is 16.0. The van der Waals surface area contributed by atoms with Crippen LogP contribution in [0.1, 0.15) is 16.1 Å². The zero-order chi connectivity index (χ0) is 17.1. The zero-order valence-corrected chi connectivity index (χ0v) is 14.1. The Kier molecular flexibility index (Phi) is 4.48. The number of amides is 3. The second-order valence-corrected chi connectivity index (χ2v) is 6.01. The first-order valence-corrected chi connectivity index (χ1v) is 7.88. The minimum Gasteiger partial charge on any atom is -0.351 e. The molecule has 0 atom stereocenters. The van der Waals surface area contributed by atoms with Gasteiger partial charge >= 0.3 is 6.03 Å². The van der Waals surface area contributed by atoms with E-state index >= 15 is 0 Å². The number of carbonyl (C=O) groups is 2. The first-order valence-electron chi connectivity index (χ1n) is 7.09. The average molecular weight is 388 g/mol. The summed E-state index contributed by atoms with van der Waals surface area (Å²) in [5.74, 6) is -0.263. The van der Waals surface area contributed by atoms with Crippen molar-refractivity contribution in [3.63, 3.8) is 0 Å². The summed E-state index contributed by atoms with van der Waals surface area (Å²) in [6, 6.07) is 9.65. The summed E-state index contributed by atoms with van der Waals surface area (Å²) in [7, 11) is 0. The number of rotatable bonds is 4. The van der Waals surface area contributed by atoms with E-state index in [1.807, 2.05) is 28.9 Å². The lowest BCUT2D eigenvalue weighted by Gasteiger charge is -2.06. The molecule has 0 aliphatic heterocycles. The maximum Gasteiger partial charge on any atom is 0.316 e. The number of nitrogens with two attached hydrogens (primary N) is 1. The minimum absolute atomic E-state index is 0.263. The summed E-state index contributed by atoms with van der Waals surface area (Å²) in [6.07, 6.45) is 3.75. The van der Waals surface area contributed by atoms with E-state index in [9.17, 15) is 9.59 Å². The Bertz CT molecular complexity index is 922. The van der Waals surface area contributed by atoms with Crippen molar-refractivity contribution in [3.05, 3.63) is 64.5 Å². The van der Waals surface area contributed by atoms with Crippen LogP contribution in [0.4, 0.5) is 10.5 Å². The summed E-state index contributed by atoms with van der Waals surface area (Å²) >= 11 is 3.40. The predicted molar refractivity (Wildman–Crippen MR) is 93.7 cm³/mol. The molecule has 0 bridgehead atoms. The van der Waals surface area contributed by atoms with Crippen molar-refractivity contribution in [2.45, 2.75) is 6.54 Å². The number of nitrogens with one attached hydrogen (secondary N) is 2. The molecule has 7 nitrogen and oxygen atoms in total. The number of carbonyl (C=O) groups excluding carboxylic acids is 2. The molecule has 0 spiro atoms. The fourth-order valence-electron chi connectivity index (χ4n) is 2.26. The molecule has 3 aromatic rings. The standard InChI is InChI=1S/C16H14BrN5O2/c17-11-4-5-14-20-13(9-22(14)8-11)7-19-15(23)10-2-1-3-12(6-10)21-16(18)24/h1-6,8-9H,7H2,(H,19,23)(H3,18,21,24). The molecule has 0 radical (unpaired) electrons. The average Bonchev–Trinajstić information content (AvgIpc) is 2.94. The van der Waals surface area contributed by atoms with E-state index < -0.39 is 6.03 Å². The number of hydrogen-bond acceptors (Lipinski definition) is 3. The van der Waals surface area contributed by atoms with Crippen LogP contribution in [0.5, 0.6) is 0 Å². The fourth-order valence-corrected chi connectivity index (χ4v) is 2.61.